The van der Waals surface area contributed by atoms with E-state index in [1.54, 1.807) is 24.3 Å². The van der Waals surface area contributed by atoms with Crippen molar-refractivity contribution in [3.05, 3.63) is 118 Å². The lowest BCUT2D eigenvalue weighted by molar-refractivity contribution is 0.132. The van der Waals surface area contributed by atoms with E-state index in [2.05, 4.69) is 69.8 Å². The first-order valence-corrected chi connectivity index (χ1v) is 20.5. The topological polar surface area (TPSA) is 22.2 Å². The van der Waals surface area contributed by atoms with Crippen molar-refractivity contribution in [1.82, 2.24) is 9.80 Å². The molecule has 0 bridgehead atoms. The van der Waals surface area contributed by atoms with Crippen LogP contribution in [0.3, 0.4) is 0 Å². The molecule has 0 spiro atoms. The molecular formula is C46H52F2N4O. The molecule has 6 unspecified atom stereocenters. The first-order chi connectivity index (χ1) is 26.0. The van der Waals surface area contributed by atoms with E-state index in [0.717, 1.165) is 65.0 Å². The molecule has 0 aromatic heterocycles. The van der Waals surface area contributed by atoms with E-state index in [0.29, 0.717) is 46.5 Å². The van der Waals surface area contributed by atoms with Crippen LogP contribution >= 0.6 is 0 Å². The van der Waals surface area contributed by atoms with Gasteiger partial charge in [-0.3, -0.25) is 9.80 Å². The van der Waals surface area contributed by atoms with E-state index in [-0.39, 0.29) is 23.7 Å². The van der Waals surface area contributed by atoms with Crippen molar-refractivity contribution < 1.29 is 13.5 Å². The first-order valence-electron chi connectivity index (χ1n) is 20.5. The van der Waals surface area contributed by atoms with Gasteiger partial charge in [0.2, 0.25) is 0 Å². The molecule has 0 radical (unpaired) electrons. The third-order valence-corrected chi connectivity index (χ3v) is 13.9. The smallest absolute Gasteiger partial charge is 0.128 e. The van der Waals surface area contributed by atoms with E-state index in [1.807, 2.05) is 12.1 Å². The zero-order chi connectivity index (χ0) is 35.8. The van der Waals surface area contributed by atoms with Crippen molar-refractivity contribution in [1.29, 1.82) is 0 Å². The fraction of sp³-hybridized carbons (Fsp3) is 0.478. The highest BCUT2D eigenvalue weighted by molar-refractivity contribution is 5.69. The molecule has 0 amide bonds. The molecule has 4 aromatic carbocycles. The highest BCUT2D eigenvalue weighted by atomic mass is 19.1. The lowest BCUT2D eigenvalue weighted by Gasteiger charge is -2.43. The summed E-state index contributed by atoms with van der Waals surface area (Å²) in [6, 6.07) is 25.1. The molecule has 2 fully saturated rings. The summed E-state index contributed by atoms with van der Waals surface area (Å²) >= 11 is 0. The van der Waals surface area contributed by atoms with Crippen molar-refractivity contribution in [2.45, 2.75) is 101 Å². The summed E-state index contributed by atoms with van der Waals surface area (Å²) in [7, 11) is 0. The number of para-hydroxylation sites is 2. The maximum atomic E-state index is 15.8. The number of nitrogens with zero attached hydrogens (tertiary/aromatic N) is 4. The molecule has 5 nitrogen and oxygen atoms in total. The number of piperidine rings is 2. The average Bonchev–Trinajstić information content (AvgIpc) is 3.69. The predicted molar refractivity (Wildman–Crippen MR) is 209 cm³/mol. The van der Waals surface area contributed by atoms with E-state index in [9.17, 15) is 0 Å². The number of rotatable bonds is 8. The monoisotopic (exact) mass is 714 g/mol. The fourth-order valence-electron chi connectivity index (χ4n) is 11.7. The average molecular weight is 715 g/mol. The van der Waals surface area contributed by atoms with Crippen LogP contribution < -0.4 is 14.5 Å². The Morgan fingerprint density at radius 2 is 1.09 bits per heavy atom. The molecule has 6 aliphatic rings. The third kappa shape index (κ3) is 5.51. The van der Waals surface area contributed by atoms with Gasteiger partial charge in [0.05, 0.1) is 0 Å². The zero-order valence-corrected chi connectivity index (χ0v) is 31.2. The Hall–Kier alpha value is -3.94. The second-order valence-electron chi connectivity index (χ2n) is 16.5. The molecule has 0 N–H and O–H groups in total. The summed E-state index contributed by atoms with van der Waals surface area (Å²) in [6.07, 6.45) is 8.59. The Kier molecular flexibility index (Phi) is 8.51. The van der Waals surface area contributed by atoms with Gasteiger partial charge in [0, 0.05) is 97.8 Å². The molecule has 2 saturated heterocycles. The van der Waals surface area contributed by atoms with Crippen molar-refractivity contribution in [3.8, 4) is 11.5 Å². The van der Waals surface area contributed by atoms with Crippen LogP contribution in [0.5, 0.6) is 11.5 Å². The SMILES string of the molecule is CCC(c1cc(Oc2ccc(F)c(C(CC)N3CCC4C(C3)c3cccc5c3N4CCC5)c2)ccc1F)N1CCC2C(C1)c1cccc3c1N2CCC3. The van der Waals surface area contributed by atoms with Gasteiger partial charge in [-0.2, -0.15) is 0 Å². The minimum absolute atomic E-state index is 0.0427. The molecule has 276 valence electrons. The summed E-state index contributed by atoms with van der Waals surface area (Å²) in [5, 5.41) is 0. The van der Waals surface area contributed by atoms with E-state index < -0.39 is 0 Å². The molecule has 6 aliphatic heterocycles. The van der Waals surface area contributed by atoms with Crippen LogP contribution in [0.1, 0.15) is 110 Å². The second-order valence-corrected chi connectivity index (χ2v) is 16.5. The predicted octanol–water partition coefficient (Wildman–Crippen LogP) is 9.91. The minimum Gasteiger partial charge on any atom is -0.457 e. The van der Waals surface area contributed by atoms with Crippen LogP contribution in [0.15, 0.2) is 72.8 Å². The van der Waals surface area contributed by atoms with E-state index in [4.69, 9.17) is 4.74 Å². The van der Waals surface area contributed by atoms with Gasteiger partial charge in [0.15, 0.2) is 0 Å². The van der Waals surface area contributed by atoms with Gasteiger partial charge in [-0.1, -0.05) is 50.2 Å². The number of likely N-dealkylation sites (tertiary alicyclic amines) is 2. The van der Waals surface area contributed by atoms with Gasteiger partial charge in [0.25, 0.3) is 0 Å². The van der Waals surface area contributed by atoms with E-state index >= 15 is 8.78 Å². The van der Waals surface area contributed by atoms with Crippen molar-refractivity contribution in [2.24, 2.45) is 0 Å². The van der Waals surface area contributed by atoms with Crippen LogP contribution in [-0.4, -0.2) is 61.2 Å². The van der Waals surface area contributed by atoms with Gasteiger partial charge in [0.1, 0.15) is 23.1 Å². The first kappa shape index (κ1) is 33.6. The van der Waals surface area contributed by atoms with Gasteiger partial charge in [-0.25, -0.2) is 8.78 Å². The van der Waals surface area contributed by atoms with Crippen LogP contribution in [0, 0.1) is 11.6 Å². The Morgan fingerprint density at radius 1 is 0.623 bits per heavy atom. The number of anilines is 2. The molecule has 0 aliphatic carbocycles. The molecule has 53 heavy (non-hydrogen) atoms. The van der Waals surface area contributed by atoms with Crippen LogP contribution in [0.4, 0.5) is 20.2 Å². The number of halogens is 2. The number of aryl methyl sites for hydroxylation is 2. The Morgan fingerprint density at radius 3 is 1.55 bits per heavy atom. The molecule has 7 heteroatoms. The Labute approximate surface area is 313 Å². The number of hydrogen-bond acceptors (Lipinski definition) is 5. The molecule has 0 saturated carbocycles. The summed E-state index contributed by atoms with van der Waals surface area (Å²) in [5.74, 6) is 1.71. The fourth-order valence-corrected chi connectivity index (χ4v) is 11.7. The van der Waals surface area contributed by atoms with Gasteiger partial charge in [-0.05, 0) is 110 Å². The summed E-state index contributed by atoms with van der Waals surface area (Å²) in [6.45, 7) is 10.4. The molecule has 6 heterocycles. The minimum atomic E-state index is -0.191. The number of fused-ring (bicyclic) bond motifs is 6. The maximum Gasteiger partial charge on any atom is 0.128 e. The molecular weight excluding hydrogens is 663 g/mol. The van der Waals surface area contributed by atoms with Crippen LogP contribution in [0.2, 0.25) is 0 Å². The normalized spacial score (nSPS) is 25.7. The number of ether oxygens (including phenoxy) is 1. The highest BCUT2D eigenvalue weighted by Gasteiger charge is 2.46. The lowest BCUT2D eigenvalue weighted by atomic mass is 9.87. The summed E-state index contributed by atoms with van der Waals surface area (Å²) < 4.78 is 38.0. The van der Waals surface area contributed by atoms with Crippen molar-refractivity contribution in [2.75, 3.05) is 49.1 Å². The Bertz CT molecular complexity index is 1890. The second kappa shape index (κ2) is 13.4. The summed E-state index contributed by atoms with van der Waals surface area (Å²) in [5.41, 5.74) is 10.3. The van der Waals surface area contributed by atoms with Gasteiger partial charge in [-0.15, -0.1) is 0 Å². The Balaban J connectivity index is 0.879. The van der Waals surface area contributed by atoms with E-state index in [1.165, 1.54) is 59.3 Å². The van der Waals surface area contributed by atoms with Gasteiger partial charge < -0.3 is 14.5 Å². The molecule has 4 aromatic rings. The number of hydrogen-bond donors (Lipinski definition) is 0. The highest BCUT2D eigenvalue weighted by Crippen LogP contribution is 2.51. The maximum absolute atomic E-state index is 15.8. The molecule has 6 atom stereocenters. The van der Waals surface area contributed by atoms with Crippen molar-refractivity contribution >= 4 is 11.4 Å². The van der Waals surface area contributed by atoms with Crippen LogP contribution in [0.25, 0.3) is 0 Å². The lowest BCUT2D eigenvalue weighted by Crippen LogP contribution is -2.48. The zero-order valence-electron chi connectivity index (χ0n) is 31.2. The third-order valence-electron chi connectivity index (χ3n) is 13.9. The standard InChI is InChI=1S/C46H52F2N4O/c1-3-41(49-23-19-43-37(27-49)33-13-5-9-29-11-7-21-51(43)45(29)33)35-25-31(15-17-39(35)47)53-32-16-18-40(48)36(26-32)42(4-2)50-24-20-44-38(28-50)34-14-6-10-30-12-8-22-52(44)46(30)34/h5-6,9-10,13-18,25-26,37-38,41-44H,3-4,7-8,11-12,19-24,27-28H2,1-2H3. The van der Waals surface area contributed by atoms with Crippen molar-refractivity contribution in [3.63, 3.8) is 0 Å². The summed E-state index contributed by atoms with van der Waals surface area (Å²) in [4.78, 5) is 10.4. The molecule has 10 rings (SSSR count). The van der Waals surface area contributed by atoms with Gasteiger partial charge >= 0.3 is 0 Å². The van der Waals surface area contributed by atoms with Crippen LogP contribution in [-0.2, 0) is 12.8 Å². The number of benzene rings is 4. The quantitative estimate of drug-likeness (QED) is 0.181. The largest absolute Gasteiger partial charge is 0.457 e.